The van der Waals surface area contributed by atoms with Gasteiger partial charge < -0.3 is 19.7 Å². The number of carboxylic acid groups (broad SMARTS) is 1. The Balaban J connectivity index is 2.52. The molecule has 1 aromatic rings. The quantitative estimate of drug-likeness (QED) is 0.800. The van der Waals surface area contributed by atoms with Crippen LogP contribution in [0.2, 0.25) is 0 Å². The lowest BCUT2D eigenvalue weighted by atomic mass is 9.99. The summed E-state index contributed by atoms with van der Waals surface area (Å²) in [6.07, 6.45) is 2.50. The second-order valence-electron chi connectivity index (χ2n) is 4.42. The summed E-state index contributed by atoms with van der Waals surface area (Å²) < 4.78 is 5.02. The van der Waals surface area contributed by atoms with Crippen LogP contribution in [0.1, 0.15) is 19.8 Å². The molecular formula is C11H15N3O4. The highest BCUT2D eigenvalue weighted by molar-refractivity contribution is 5.84. The molecule has 98 valence electrons. The smallest absolute Gasteiger partial charge is 0.329 e. The van der Waals surface area contributed by atoms with Gasteiger partial charge in [-0.25, -0.2) is 9.78 Å². The van der Waals surface area contributed by atoms with Crippen LogP contribution >= 0.6 is 0 Å². The first kappa shape index (κ1) is 12.4. The van der Waals surface area contributed by atoms with Crippen molar-refractivity contribution >= 4 is 11.8 Å². The maximum absolute atomic E-state index is 11.6. The summed E-state index contributed by atoms with van der Waals surface area (Å²) in [5.74, 6) is -0.598. The molecule has 0 amide bonds. The number of nitrogens with zero attached hydrogens (tertiary/aromatic N) is 2. The number of carboxylic acids is 1. The van der Waals surface area contributed by atoms with Gasteiger partial charge in [0.1, 0.15) is 5.54 Å². The lowest BCUT2D eigenvalue weighted by Gasteiger charge is -2.32. The zero-order chi connectivity index (χ0) is 13.3. The number of carbonyl (C=O) groups is 1. The van der Waals surface area contributed by atoms with Gasteiger partial charge in [0, 0.05) is 6.54 Å². The number of nitrogens with one attached hydrogen (secondary N) is 1. The minimum absolute atomic E-state index is 0.0480. The van der Waals surface area contributed by atoms with Crippen LogP contribution in [0, 0.1) is 0 Å². The molecule has 0 aliphatic carbocycles. The molecule has 0 saturated carbocycles. The molecule has 1 unspecified atom stereocenters. The molecule has 1 aliphatic rings. The monoisotopic (exact) mass is 253 g/mol. The Morgan fingerprint density at radius 3 is 3.00 bits per heavy atom. The normalized spacial score (nSPS) is 23.1. The van der Waals surface area contributed by atoms with Gasteiger partial charge in [-0.3, -0.25) is 4.79 Å². The maximum Gasteiger partial charge on any atom is 0.329 e. The van der Waals surface area contributed by atoms with E-state index in [1.165, 1.54) is 13.4 Å². The Bertz CT molecular complexity index is 527. The SMILES string of the molecule is COc1c(N2CCCC2(C)C(=O)O)nc[nH]c1=O. The van der Waals surface area contributed by atoms with Crippen LogP contribution in [-0.4, -0.2) is 40.2 Å². The summed E-state index contributed by atoms with van der Waals surface area (Å²) in [6, 6.07) is 0. The Kier molecular flexibility index (Phi) is 2.98. The van der Waals surface area contributed by atoms with E-state index in [2.05, 4.69) is 9.97 Å². The van der Waals surface area contributed by atoms with Gasteiger partial charge in [-0.2, -0.15) is 0 Å². The fourth-order valence-corrected chi connectivity index (χ4v) is 2.28. The maximum atomic E-state index is 11.6. The standard InChI is InChI=1S/C11H15N3O4/c1-11(10(16)17)4-3-5-14(11)8-7(18-2)9(15)13-6-12-8/h6H,3-5H2,1-2H3,(H,16,17)(H,12,13,15). The Hall–Kier alpha value is -2.05. The molecule has 1 aliphatic heterocycles. The van der Waals surface area contributed by atoms with Gasteiger partial charge in [0.05, 0.1) is 13.4 Å². The van der Waals surface area contributed by atoms with Gasteiger partial charge >= 0.3 is 5.97 Å². The highest BCUT2D eigenvalue weighted by atomic mass is 16.5. The van der Waals surface area contributed by atoms with E-state index in [9.17, 15) is 14.7 Å². The number of anilines is 1. The van der Waals surface area contributed by atoms with E-state index in [0.717, 1.165) is 6.42 Å². The third-order valence-electron chi connectivity index (χ3n) is 3.35. The molecule has 7 nitrogen and oxygen atoms in total. The number of ether oxygens (including phenoxy) is 1. The predicted octanol–water partition coefficient (Wildman–Crippen LogP) is 0.222. The molecule has 2 rings (SSSR count). The van der Waals surface area contributed by atoms with E-state index in [0.29, 0.717) is 13.0 Å². The summed E-state index contributed by atoms with van der Waals surface area (Å²) in [5.41, 5.74) is -1.46. The summed E-state index contributed by atoms with van der Waals surface area (Å²) in [6.45, 7) is 2.17. The van der Waals surface area contributed by atoms with Crippen molar-refractivity contribution in [3.8, 4) is 5.75 Å². The van der Waals surface area contributed by atoms with E-state index in [1.54, 1.807) is 11.8 Å². The van der Waals surface area contributed by atoms with Crippen LogP contribution < -0.4 is 15.2 Å². The number of methoxy groups -OCH3 is 1. The number of H-pyrrole nitrogens is 1. The first-order valence-electron chi connectivity index (χ1n) is 5.63. The molecule has 2 N–H and O–H groups in total. The van der Waals surface area contributed by atoms with E-state index in [1.807, 2.05) is 0 Å². The molecule has 0 radical (unpaired) electrons. The van der Waals surface area contributed by atoms with Crippen molar-refractivity contribution in [2.45, 2.75) is 25.3 Å². The average Bonchev–Trinajstić information content (AvgIpc) is 2.72. The lowest BCUT2D eigenvalue weighted by Crippen LogP contribution is -2.49. The van der Waals surface area contributed by atoms with E-state index < -0.39 is 17.1 Å². The van der Waals surface area contributed by atoms with Gasteiger partial charge in [-0.1, -0.05) is 0 Å². The molecule has 1 fully saturated rings. The minimum Gasteiger partial charge on any atom is -0.489 e. The molecule has 1 atom stereocenters. The van der Waals surface area contributed by atoms with Gasteiger partial charge in [-0.05, 0) is 19.8 Å². The van der Waals surface area contributed by atoms with Crippen molar-refractivity contribution in [1.29, 1.82) is 0 Å². The number of hydrogen-bond acceptors (Lipinski definition) is 5. The van der Waals surface area contributed by atoms with Crippen molar-refractivity contribution in [2.24, 2.45) is 0 Å². The van der Waals surface area contributed by atoms with Gasteiger partial charge in [0.2, 0.25) is 5.75 Å². The zero-order valence-electron chi connectivity index (χ0n) is 10.3. The number of hydrogen-bond donors (Lipinski definition) is 2. The average molecular weight is 253 g/mol. The van der Waals surface area contributed by atoms with E-state index in [4.69, 9.17) is 4.74 Å². The fraction of sp³-hybridized carbons (Fsp3) is 0.545. The van der Waals surface area contributed by atoms with Gasteiger partial charge in [0.15, 0.2) is 5.82 Å². The topological polar surface area (TPSA) is 95.5 Å². The summed E-state index contributed by atoms with van der Waals surface area (Å²) in [5, 5.41) is 9.34. The second kappa shape index (κ2) is 4.32. The molecule has 7 heteroatoms. The first-order chi connectivity index (χ1) is 8.50. The Labute approximate surface area is 103 Å². The largest absolute Gasteiger partial charge is 0.489 e. The third-order valence-corrected chi connectivity index (χ3v) is 3.35. The highest BCUT2D eigenvalue weighted by Crippen LogP contribution is 2.36. The van der Waals surface area contributed by atoms with Crippen molar-refractivity contribution in [3.63, 3.8) is 0 Å². The molecule has 2 heterocycles. The molecule has 0 aromatic carbocycles. The lowest BCUT2D eigenvalue weighted by molar-refractivity contribution is -0.142. The van der Waals surface area contributed by atoms with Crippen LogP contribution in [0.25, 0.3) is 0 Å². The number of aromatic amines is 1. The Morgan fingerprint density at radius 2 is 2.39 bits per heavy atom. The first-order valence-corrected chi connectivity index (χ1v) is 5.63. The molecule has 1 saturated heterocycles. The van der Waals surface area contributed by atoms with E-state index in [-0.39, 0.29) is 11.6 Å². The summed E-state index contributed by atoms with van der Waals surface area (Å²) >= 11 is 0. The number of aliphatic carboxylic acids is 1. The molecule has 0 spiro atoms. The minimum atomic E-state index is -1.05. The van der Waals surface area contributed by atoms with Gasteiger partial charge in [-0.15, -0.1) is 0 Å². The molecule has 0 bridgehead atoms. The van der Waals surface area contributed by atoms with Gasteiger partial charge in [0.25, 0.3) is 5.56 Å². The predicted molar refractivity (Wildman–Crippen MR) is 64.0 cm³/mol. The van der Waals surface area contributed by atoms with Crippen LogP contribution in [-0.2, 0) is 4.79 Å². The van der Waals surface area contributed by atoms with Crippen LogP contribution in [0.15, 0.2) is 11.1 Å². The van der Waals surface area contributed by atoms with Crippen molar-refractivity contribution in [1.82, 2.24) is 9.97 Å². The number of aromatic nitrogens is 2. The molecular weight excluding hydrogens is 238 g/mol. The second-order valence-corrected chi connectivity index (χ2v) is 4.42. The highest BCUT2D eigenvalue weighted by Gasteiger charge is 2.45. The van der Waals surface area contributed by atoms with E-state index >= 15 is 0 Å². The van der Waals surface area contributed by atoms with Crippen molar-refractivity contribution in [3.05, 3.63) is 16.7 Å². The van der Waals surface area contributed by atoms with Crippen molar-refractivity contribution in [2.75, 3.05) is 18.6 Å². The summed E-state index contributed by atoms with van der Waals surface area (Å²) in [4.78, 5) is 31.1. The molecule has 1 aromatic heterocycles. The fourth-order valence-electron chi connectivity index (χ4n) is 2.28. The summed E-state index contributed by atoms with van der Waals surface area (Å²) in [7, 11) is 1.37. The van der Waals surface area contributed by atoms with Crippen LogP contribution in [0.4, 0.5) is 5.82 Å². The van der Waals surface area contributed by atoms with Crippen LogP contribution in [0.5, 0.6) is 5.75 Å². The number of rotatable bonds is 3. The van der Waals surface area contributed by atoms with Crippen LogP contribution in [0.3, 0.4) is 0 Å². The Morgan fingerprint density at radius 1 is 1.67 bits per heavy atom. The zero-order valence-corrected chi connectivity index (χ0v) is 10.3. The van der Waals surface area contributed by atoms with Crippen molar-refractivity contribution < 1.29 is 14.6 Å². The third kappa shape index (κ3) is 1.71. The molecule has 18 heavy (non-hydrogen) atoms.